The molecule has 1 aliphatic rings. The Balaban J connectivity index is 1.88. The SMILES string of the molecule is CN=C(NCCC(F)(F)F)NCc1ccccc1CN1CCCC(C)C1. The van der Waals surface area contributed by atoms with Gasteiger partial charge in [-0.2, -0.15) is 13.2 Å². The maximum absolute atomic E-state index is 12.3. The Hall–Kier alpha value is -1.76. The number of halogens is 3. The predicted molar refractivity (Wildman–Crippen MR) is 99.0 cm³/mol. The summed E-state index contributed by atoms with van der Waals surface area (Å²) >= 11 is 0. The molecule has 0 aromatic heterocycles. The van der Waals surface area contributed by atoms with Gasteiger partial charge in [-0.1, -0.05) is 31.2 Å². The highest BCUT2D eigenvalue weighted by molar-refractivity contribution is 5.79. The van der Waals surface area contributed by atoms with Crippen molar-refractivity contribution in [2.24, 2.45) is 10.9 Å². The summed E-state index contributed by atoms with van der Waals surface area (Å²) in [7, 11) is 1.56. The topological polar surface area (TPSA) is 39.7 Å². The van der Waals surface area contributed by atoms with Crippen LogP contribution in [0.3, 0.4) is 0 Å². The van der Waals surface area contributed by atoms with Gasteiger partial charge in [-0.15, -0.1) is 0 Å². The quantitative estimate of drug-likeness (QED) is 0.594. The summed E-state index contributed by atoms with van der Waals surface area (Å²) in [5.41, 5.74) is 2.39. The van der Waals surface area contributed by atoms with Crippen LogP contribution < -0.4 is 10.6 Å². The van der Waals surface area contributed by atoms with Gasteiger partial charge in [0.25, 0.3) is 0 Å². The van der Waals surface area contributed by atoms with Crippen molar-refractivity contribution in [2.75, 3.05) is 26.7 Å². The van der Waals surface area contributed by atoms with Gasteiger partial charge in [0.05, 0.1) is 6.42 Å². The number of hydrogen-bond donors (Lipinski definition) is 2. The average molecular weight is 370 g/mol. The maximum atomic E-state index is 12.3. The molecule has 1 saturated heterocycles. The molecule has 146 valence electrons. The summed E-state index contributed by atoms with van der Waals surface area (Å²) in [6, 6.07) is 8.19. The summed E-state index contributed by atoms with van der Waals surface area (Å²) in [5, 5.41) is 5.82. The van der Waals surface area contributed by atoms with Crippen LogP contribution in [0.2, 0.25) is 0 Å². The second kappa shape index (κ2) is 9.80. The summed E-state index contributed by atoms with van der Waals surface area (Å²) in [5.74, 6) is 1.11. The molecule has 1 atom stereocenters. The molecular formula is C19H29F3N4. The molecule has 0 radical (unpaired) electrons. The lowest BCUT2D eigenvalue weighted by Crippen LogP contribution is -2.39. The highest BCUT2D eigenvalue weighted by Crippen LogP contribution is 2.20. The predicted octanol–water partition coefficient (Wildman–Crippen LogP) is 3.54. The van der Waals surface area contributed by atoms with Crippen molar-refractivity contribution >= 4 is 5.96 Å². The van der Waals surface area contributed by atoms with Crippen molar-refractivity contribution < 1.29 is 13.2 Å². The molecule has 1 unspecified atom stereocenters. The van der Waals surface area contributed by atoms with Gasteiger partial charge in [-0.3, -0.25) is 9.89 Å². The molecule has 1 aromatic carbocycles. The van der Waals surface area contributed by atoms with Crippen LogP contribution >= 0.6 is 0 Å². The Morgan fingerprint density at radius 3 is 2.62 bits per heavy atom. The third-order valence-corrected chi connectivity index (χ3v) is 4.62. The second-order valence-electron chi connectivity index (χ2n) is 6.97. The largest absolute Gasteiger partial charge is 0.390 e. The van der Waals surface area contributed by atoms with E-state index in [4.69, 9.17) is 0 Å². The molecular weight excluding hydrogens is 341 g/mol. The molecule has 1 aliphatic heterocycles. The van der Waals surface area contributed by atoms with Crippen LogP contribution in [0.1, 0.15) is 37.3 Å². The van der Waals surface area contributed by atoms with Crippen LogP contribution in [0.5, 0.6) is 0 Å². The Bertz CT molecular complexity index is 586. The van der Waals surface area contributed by atoms with Gasteiger partial charge in [-0.25, -0.2) is 0 Å². The Labute approximate surface area is 153 Å². The average Bonchev–Trinajstić information content (AvgIpc) is 2.58. The first-order valence-corrected chi connectivity index (χ1v) is 9.18. The Morgan fingerprint density at radius 2 is 1.96 bits per heavy atom. The molecule has 4 nitrogen and oxygen atoms in total. The highest BCUT2D eigenvalue weighted by Gasteiger charge is 2.26. The van der Waals surface area contributed by atoms with Crippen LogP contribution in [-0.4, -0.2) is 43.7 Å². The first-order chi connectivity index (χ1) is 12.4. The Kier molecular flexibility index (Phi) is 7.75. The fourth-order valence-corrected chi connectivity index (χ4v) is 3.28. The van der Waals surface area contributed by atoms with Gasteiger partial charge < -0.3 is 10.6 Å². The van der Waals surface area contributed by atoms with Crippen molar-refractivity contribution in [1.82, 2.24) is 15.5 Å². The van der Waals surface area contributed by atoms with Gasteiger partial charge in [0.1, 0.15) is 0 Å². The number of benzene rings is 1. The fraction of sp³-hybridized carbons (Fsp3) is 0.632. The van der Waals surface area contributed by atoms with Crippen LogP contribution in [0, 0.1) is 5.92 Å². The van der Waals surface area contributed by atoms with E-state index < -0.39 is 12.6 Å². The number of rotatable bonds is 6. The zero-order valence-corrected chi connectivity index (χ0v) is 15.6. The number of piperidine rings is 1. The molecule has 1 fully saturated rings. The lowest BCUT2D eigenvalue weighted by atomic mass is 9.99. The highest BCUT2D eigenvalue weighted by atomic mass is 19.4. The third kappa shape index (κ3) is 7.23. The molecule has 0 saturated carbocycles. The number of likely N-dealkylation sites (tertiary alicyclic amines) is 1. The normalized spacial score (nSPS) is 19.4. The van der Waals surface area contributed by atoms with Gasteiger partial charge in [-0.05, 0) is 36.4 Å². The lowest BCUT2D eigenvalue weighted by molar-refractivity contribution is -0.132. The first-order valence-electron chi connectivity index (χ1n) is 9.18. The minimum atomic E-state index is -4.16. The van der Waals surface area contributed by atoms with Crippen molar-refractivity contribution in [3.05, 3.63) is 35.4 Å². The van der Waals surface area contributed by atoms with E-state index in [0.717, 1.165) is 31.1 Å². The second-order valence-corrected chi connectivity index (χ2v) is 6.97. The van der Waals surface area contributed by atoms with Crippen molar-refractivity contribution in [2.45, 2.75) is 45.5 Å². The molecule has 0 spiro atoms. The van der Waals surface area contributed by atoms with Gasteiger partial charge in [0.15, 0.2) is 5.96 Å². The summed E-state index contributed by atoms with van der Waals surface area (Å²) in [4.78, 5) is 6.47. The van der Waals surface area contributed by atoms with E-state index in [1.54, 1.807) is 7.05 Å². The van der Waals surface area contributed by atoms with E-state index in [9.17, 15) is 13.2 Å². The van der Waals surface area contributed by atoms with Crippen molar-refractivity contribution in [3.8, 4) is 0 Å². The maximum Gasteiger partial charge on any atom is 0.390 e. The van der Waals surface area contributed by atoms with Crippen molar-refractivity contribution in [1.29, 1.82) is 0 Å². The number of hydrogen-bond acceptors (Lipinski definition) is 2. The van der Waals surface area contributed by atoms with E-state index in [1.807, 2.05) is 12.1 Å². The van der Waals surface area contributed by atoms with Crippen molar-refractivity contribution in [3.63, 3.8) is 0 Å². The molecule has 0 bridgehead atoms. The zero-order chi connectivity index (χ0) is 19.0. The summed E-state index contributed by atoms with van der Waals surface area (Å²) < 4.78 is 36.8. The molecule has 2 N–H and O–H groups in total. The van der Waals surface area contributed by atoms with E-state index >= 15 is 0 Å². The van der Waals surface area contributed by atoms with E-state index in [-0.39, 0.29) is 6.54 Å². The zero-order valence-electron chi connectivity index (χ0n) is 15.6. The van der Waals surface area contributed by atoms with E-state index in [1.165, 1.54) is 18.4 Å². The van der Waals surface area contributed by atoms with Gasteiger partial charge in [0.2, 0.25) is 0 Å². The van der Waals surface area contributed by atoms with E-state index in [0.29, 0.717) is 12.5 Å². The number of alkyl halides is 3. The minimum Gasteiger partial charge on any atom is -0.356 e. The van der Waals surface area contributed by atoms with Gasteiger partial charge in [0, 0.05) is 33.2 Å². The number of nitrogens with zero attached hydrogens (tertiary/aromatic N) is 2. The number of guanidine groups is 1. The molecule has 1 aromatic rings. The summed E-state index contributed by atoms with van der Waals surface area (Å²) in [6.45, 7) is 5.77. The molecule has 26 heavy (non-hydrogen) atoms. The molecule has 1 heterocycles. The number of nitrogens with one attached hydrogen (secondary N) is 2. The van der Waals surface area contributed by atoms with Crippen LogP contribution in [0.25, 0.3) is 0 Å². The van der Waals surface area contributed by atoms with Gasteiger partial charge >= 0.3 is 6.18 Å². The molecule has 2 rings (SSSR count). The minimum absolute atomic E-state index is 0.184. The van der Waals surface area contributed by atoms with Crippen LogP contribution in [-0.2, 0) is 13.1 Å². The standard InChI is InChI=1S/C19H29F3N4/c1-15-6-5-11-26(13-15)14-17-8-4-3-7-16(17)12-25-18(23-2)24-10-9-19(20,21)22/h3-4,7-8,15H,5-6,9-14H2,1-2H3,(H2,23,24,25). The van der Waals surface area contributed by atoms with Crippen LogP contribution in [0.15, 0.2) is 29.3 Å². The molecule has 7 heteroatoms. The summed E-state index contributed by atoms with van der Waals surface area (Å²) in [6.07, 6.45) is -2.52. The van der Waals surface area contributed by atoms with E-state index in [2.05, 4.69) is 39.6 Å². The lowest BCUT2D eigenvalue weighted by Gasteiger charge is -2.31. The monoisotopic (exact) mass is 370 g/mol. The number of aliphatic imine (C=N–C) groups is 1. The molecule has 0 aliphatic carbocycles. The fourth-order valence-electron chi connectivity index (χ4n) is 3.28. The first kappa shape index (κ1) is 20.6. The smallest absolute Gasteiger partial charge is 0.356 e. The van der Waals surface area contributed by atoms with Crippen LogP contribution in [0.4, 0.5) is 13.2 Å². The third-order valence-electron chi connectivity index (χ3n) is 4.62. The molecule has 0 amide bonds. The Morgan fingerprint density at radius 1 is 1.23 bits per heavy atom.